The molecule has 7 heteroatoms. The number of carbonyl (C=O) groups excluding carboxylic acids is 2. The number of likely N-dealkylation sites (N-methyl/N-ethyl adjacent to an activating group) is 1. The zero-order valence-corrected chi connectivity index (χ0v) is 12.2. The van der Waals surface area contributed by atoms with Gasteiger partial charge >= 0.3 is 0 Å². The predicted octanol–water partition coefficient (Wildman–Crippen LogP) is 0.918. The third-order valence-corrected chi connectivity index (χ3v) is 4.24. The normalized spacial score (nSPS) is 18.9. The molecule has 1 aliphatic heterocycles. The molecular weight excluding hydrogens is 272 g/mol. The van der Waals surface area contributed by atoms with E-state index in [0.717, 1.165) is 19.3 Å². The van der Waals surface area contributed by atoms with E-state index in [1.165, 1.54) is 6.42 Å². The number of hydrogen-bond acceptors (Lipinski definition) is 5. The maximum atomic E-state index is 12.1. The lowest BCUT2D eigenvalue weighted by atomic mass is 9.85. The molecule has 1 saturated carbocycles. The molecule has 0 atom stereocenters. The summed E-state index contributed by atoms with van der Waals surface area (Å²) in [6, 6.07) is 0. The minimum absolute atomic E-state index is 0.0589. The molecule has 0 aromatic carbocycles. The standard InChI is InChI=1S/C14H20N4O3/c1-17(13(20)9-18-7-3-6-12(18)19)8-11-15-14(21-16-11)10-4-2-5-10/h10H,2-9H2,1H3. The Morgan fingerprint density at radius 3 is 2.86 bits per heavy atom. The van der Waals surface area contributed by atoms with Gasteiger partial charge in [-0.15, -0.1) is 0 Å². The summed E-state index contributed by atoms with van der Waals surface area (Å²) < 4.78 is 5.24. The van der Waals surface area contributed by atoms with Gasteiger partial charge in [0.15, 0.2) is 5.82 Å². The van der Waals surface area contributed by atoms with Gasteiger partial charge in [0.1, 0.15) is 0 Å². The first-order valence-corrected chi connectivity index (χ1v) is 7.47. The quantitative estimate of drug-likeness (QED) is 0.806. The van der Waals surface area contributed by atoms with Crippen LogP contribution in [0.4, 0.5) is 0 Å². The number of aromatic nitrogens is 2. The second-order valence-corrected chi connectivity index (χ2v) is 5.85. The van der Waals surface area contributed by atoms with E-state index in [9.17, 15) is 9.59 Å². The summed E-state index contributed by atoms with van der Waals surface area (Å²) in [6.45, 7) is 1.13. The topological polar surface area (TPSA) is 79.5 Å². The third kappa shape index (κ3) is 3.06. The summed E-state index contributed by atoms with van der Waals surface area (Å²) in [7, 11) is 1.70. The molecule has 1 aromatic heterocycles. The van der Waals surface area contributed by atoms with E-state index in [4.69, 9.17) is 4.52 Å². The van der Waals surface area contributed by atoms with Gasteiger partial charge in [0, 0.05) is 25.9 Å². The van der Waals surface area contributed by atoms with Crippen molar-refractivity contribution in [3.05, 3.63) is 11.7 Å². The van der Waals surface area contributed by atoms with Crippen LogP contribution in [0.25, 0.3) is 0 Å². The molecule has 0 spiro atoms. The van der Waals surface area contributed by atoms with Crippen LogP contribution in [0.3, 0.4) is 0 Å². The highest BCUT2D eigenvalue weighted by Gasteiger charge is 2.27. The molecule has 0 N–H and O–H groups in total. The van der Waals surface area contributed by atoms with Crippen LogP contribution < -0.4 is 0 Å². The number of carbonyl (C=O) groups is 2. The number of rotatable bonds is 5. The van der Waals surface area contributed by atoms with Crippen molar-refractivity contribution in [2.24, 2.45) is 0 Å². The van der Waals surface area contributed by atoms with Crippen LogP contribution in [0, 0.1) is 0 Å². The zero-order chi connectivity index (χ0) is 14.8. The van der Waals surface area contributed by atoms with Crippen molar-refractivity contribution in [3.63, 3.8) is 0 Å². The zero-order valence-electron chi connectivity index (χ0n) is 12.2. The van der Waals surface area contributed by atoms with Crippen molar-refractivity contribution in [3.8, 4) is 0 Å². The molecule has 0 radical (unpaired) electrons. The molecule has 2 fully saturated rings. The van der Waals surface area contributed by atoms with Crippen molar-refractivity contribution in [2.45, 2.75) is 44.6 Å². The summed E-state index contributed by atoms with van der Waals surface area (Å²) in [5.74, 6) is 1.57. The maximum Gasteiger partial charge on any atom is 0.242 e. The van der Waals surface area contributed by atoms with Crippen LogP contribution in [0.15, 0.2) is 4.52 Å². The number of likely N-dealkylation sites (tertiary alicyclic amines) is 1. The minimum Gasteiger partial charge on any atom is -0.339 e. The van der Waals surface area contributed by atoms with Gasteiger partial charge in [0.05, 0.1) is 13.1 Å². The Labute approximate surface area is 123 Å². The SMILES string of the molecule is CN(Cc1noc(C2CCC2)n1)C(=O)CN1CCCC1=O. The van der Waals surface area contributed by atoms with E-state index < -0.39 is 0 Å². The first-order chi connectivity index (χ1) is 10.1. The lowest BCUT2D eigenvalue weighted by molar-refractivity contribution is -0.137. The lowest BCUT2D eigenvalue weighted by Gasteiger charge is -2.21. The van der Waals surface area contributed by atoms with E-state index in [2.05, 4.69) is 10.1 Å². The van der Waals surface area contributed by atoms with Crippen molar-refractivity contribution in [2.75, 3.05) is 20.1 Å². The van der Waals surface area contributed by atoms with E-state index in [0.29, 0.717) is 37.1 Å². The molecule has 2 heterocycles. The van der Waals surface area contributed by atoms with Crippen LogP contribution in [0.1, 0.15) is 49.7 Å². The smallest absolute Gasteiger partial charge is 0.242 e. The molecule has 0 bridgehead atoms. The highest BCUT2D eigenvalue weighted by atomic mass is 16.5. The van der Waals surface area contributed by atoms with Crippen LogP contribution in [-0.2, 0) is 16.1 Å². The van der Waals surface area contributed by atoms with Gasteiger partial charge in [-0.3, -0.25) is 9.59 Å². The Balaban J connectivity index is 1.52. The van der Waals surface area contributed by atoms with E-state index >= 15 is 0 Å². The summed E-state index contributed by atoms with van der Waals surface area (Å²) in [5.41, 5.74) is 0. The van der Waals surface area contributed by atoms with Gasteiger partial charge in [-0.05, 0) is 19.3 Å². The predicted molar refractivity (Wildman–Crippen MR) is 73.2 cm³/mol. The highest BCUT2D eigenvalue weighted by Crippen LogP contribution is 2.35. The van der Waals surface area contributed by atoms with Gasteiger partial charge in [-0.1, -0.05) is 11.6 Å². The third-order valence-electron chi connectivity index (χ3n) is 4.24. The molecule has 2 aliphatic rings. The van der Waals surface area contributed by atoms with Gasteiger partial charge in [-0.25, -0.2) is 0 Å². The summed E-state index contributed by atoms with van der Waals surface area (Å²) >= 11 is 0. The monoisotopic (exact) mass is 292 g/mol. The Morgan fingerprint density at radius 1 is 1.43 bits per heavy atom. The molecule has 1 aromatic rings. The molecule has 114 valence electrons. The average molecular weight is 292 g/mol. The van der Waals surface area contributed by atoms with Gasteiger partial charge < -0.3 is 14.3 Å². The summed E-state index contributed by atoms with van der Waals surface area (Å²) in [5, 5.41) is 3.93. The molecule has 2 amide bonds. The highest BCUT2D eigenvalue weighted by molar-refractivity contribution is 5.85. The molecule has 7 nitrogen and oxygen atoms in total. The van der Waals surface area contributed by atoms with E-state index in [1.54, 1.807) is 16.8 Å². The van der Waals surface area contributed by atoms with Crippen molar-refractivity contribution >= 4 is 11.8 Å². The van der Waals surface area contributed by atoms with Crippen LogP contribution in [-0.4, -0.2) is 51.9 Å². The Kier molecular flexibility index (Phi) is 3.90. The van der Waals surface area contributed by atoms with Crippen LogP contribution in [0.2, 0.25) is 0 Å². The second-order valence-electron chi connectivity index (χ2n) is 5.85. The number of amides is 2. The fourth-order valence-electron chi connectivity index (χ4n) is 2.61. The Bertz CT molecular complexity index is 538. The minimum atomic E-state index is -0.0970. The average Bonchev–Trinajstić information content (AvgIpc) is 2.98. The molecule has 21 heavy (non-hydrogen) atoms. The number of hydrogen-bond donors (Lipinski definition) is 0. The van der Waals surface area contributed by atoms with E-state index in [-0.39, 0.29) is 18.4 Å². The van der Waals surface area contributed by atoms with Crippen LogP contribution >= 0.6 is 0 Å². The van der Waals surface area contributed by atoms with Crippen molar-refractivity contribution in [1.29, 1.82) is 0 Å². The van der Waals surface area contributed by atoms with Crippen molar-refractivity contribution in [1.82, 2.24) is 19.9 Å². The first-order valence-electron chi connectivity index (χ1n) is 7.47. The Morgan fingerprint density at radius 2 is 2.24 bits per heavy atom. The summed E-state index contributed by atoms with van der Waals surface area (Å²) in [4.78, 5) is 31.1. The lowest BCUT2D eigenvalue weighted by Crippen LogP contribution is -2.38. The molecule has 1 aliphatic carbocycles. The first kappa shape index (κ1) is 14.0. The molecular formula is C14H20N4O3. The van der Waals surface area contributed by atoms with Gasteiger partial charge in [0.25, 0.3) is 0 Å². The molecule has 3 rings (SSSR count). The fourth-order valence-corrected chi connectivity index (χ4v) is 2.61. The second kappa shape index (κ2) is 5.83. The van der Waals surface area contributed by atoms with Gasteiger partial charge in [0.2, 0.25) is 17.7 Å². The number of nitrogens with zero attached hydrogens (tertiary/aromatic N) is 4. The molecule has 0 unspecified atom stereocenters. The van der Waals surface area contributed by atoms with Crippen molar-refractivity contribution < 1.29 is 14.1 Å². The summed E-state index contributed by atoms with van der Waals surface area (Å²) in [6.07, 6.45) is 4.81. The fraction of sp³-hybridized carbons (Fsp3) is 0.714. The maximum absolute atomic E-state index is 12.1. The largest absolute Gasteiger partial charge is 0.339 e. The van der Waals surface area contributed by atoms with E-state index in [1.807, 2.05) is 0 Å². The van der Waals surface area contributed by atoms with Crippen LogP contribution in [0.5, 0.6) is 0 Å². The van der Waals surface area contributed by atoms with Gasteiger partial charge in [-0.2, -0.15) is 4.98 Å². The molecule has 1 saturated heterocycles. The Hall–Kier alpha value is -1.92.